The topological polar surface area (TPSA) is 41.0 Å². The first-order valence-electron chi connectivity index (χ1n) is 9.58. The van der Waals surface area contributed by atoms with Crippen molar-refractivity contribution in [1.82, 2.24) is 14.5 Å². The van der Waals surface area contributed by atoms with E-state index in [1.165, 1.54) is 16.5 Å². The minimum atomic E-state index is 0.0910. The minimum Gasteiger partial charge on any atom is -0.361 e. The summed E-state index contributed by atoms with van der Waals surface area (Å²) in [6, 6.07) is 20.1. The second-order valence-corrected chi connectivity index (χ2v) is 7.12. The van der Waals surface area contributed by atoms with E-state index in [4.69, 9.17) is 0 Å². The van der Waals surface area contributed by atoms with Gasteiger partial charge in [-0.2, -0.15) is 0 Å². The first-order chi connectivity index (χ1) is 13.8. The lowest BCUT2D eigenvalue weighted by molar-refractivity contribution is 0.0773. The van der Waals surface area contributed by atoms with Gasteiger partial charge in [-0.25, -0.2) is 0 Å². The Morgan fingerprint density at radius 2 is 1.71 bits per heavy atom. The maximum atomic E-state index is 12.9. The van der Waals surface area contributed by atoms with Gasteiger partial charge in [-0.3, -0.25) is 4.79 Å². The second-order valence-electron chi connectivity index (χ2n) is 7.12. The Balaban J connectivity index is 1.32. The summed E-state index contributed by atoms with van der Waals surface area (Å²) in [7, 11) is 0. The molecule has 0 atom stereocenters. The van der Waals surface area contributed by atoms with Crippen molar-refractivity contribution in [2.75, 3.05) is 13.1 Å². The zero-order valence-electron chi connectivity index (χ0n) is 15.5. The highest BCUT2D eigenvalue weighted by molar-refractivity contribution is 5.96. The number of amides is 1. The summed E-state index contributed by atoms with van der Waals surface area (Å²) >= 11 is 0. The Bertz CT molecular complexity index is 1150. The SMILES string of the molecule is O=C(c1ccc(-n2cccc2)cc1)N1CC=C(c2c[nH]c3ccccc23)CC1. The summed E-state index contributed by atoms with van der Waals surface area (Å²) < 4.78 is 2.03. The average molecular weight is 367 g/mol. The first kappa shape index (κ1) is 16.6. The molecule has 0 unspecified atom stereocenters. The highest BCUT2D eigenvalue weighted by Gasteiger charge is 2.20. The Labute approximate surface area is 163 Å². The third kappa shape index (κ3) is 2.93. The smallest absolute Gasteiger partial charge is 0.254 e. The van der Waals surface area contributed by atoms with Gasteiger partial charge in [0.05, 0.1) is 0 Å². The number of benzene rings is 2. The van der Waals surface area contributed by atoms with Crippen LogP contribution in [0.5, 0.6) is 0 Å². The highest BCUT2D eigenvalue weighted by atomic mass is 16.2. The lowest BCUT2D eigenvalue weighted by atomic mass is 9.98. The van der Waals surface area contributed by atoms with Crippen LogP contribution in [0, 0.1) is 0 Å². The van der Waals surface area contributed by atoms with Crippen molar-refractivity contribution in [2.24, 2.45) is 0 Å². The Morgan fingerprint density at radius 1 is 0.929 bits per heavy atom. The fourth-order valence-corrected chi connectivity index (χ4v) is 3.90. The maximum absolute atomic E-state index is 12.9. The molecule has 0 bridgehead atoms. The van der Waals surface area contributed by atoms with Crippen molar-refractivity contribution in [2.45, 2.75) is 6.42 Å². The molecule has 0 radical (unpaired) electrons. The maximum Gasteiger partial charge on any atom is 0.254 e. The van der Waals surface area contributed by atoms with Gasteiger partial charge < -0.3 is 14.5 Å². The predicted octanol–water partition coefficient (Wildman–Crippen LogP) is 4.89. The van der Waals surface area contributed by atoms with Crippen molar-refractivity contribution in [1.29, 1.82) is 0 Å². The number of para-hydroxylation sites is 1. The highest BCUT2D eigenvalue weighted by Crippen LogP contribution is 2.29. The molecule has 0 aliphatic carbocycles. The number of fused-ring (bicyclic) bond motifs is 1. The quantitative estimate of drug-likeness (QED) is 0.550. The monoisotopic (exact) mass is 367 g/mol. The third-order valence-corrected chi connectivity index (χ3v) is 5.45. The van der Waals surface area contributed by atoms with Gasteiger partial charge in [0, 0.05) is 59.4 Å². The molecule has 4 heteroatoms. The van der Waals surface area contributed by atoms with Gasteiger partial charge in [0.15, 0.2) is 0 Å². The van der Waals surface area contributed by atoms with Crippen LogP contribution in [-0.2, 0) is 0 Å². The van der Waals surface area contributed by atoms with Crippen LogP contribution in [0.2, 0.25) is 0 Å². The van der Waals surface area contributed by atoms with Crippen LogP contribution in [0.4, 0.5) is 0 Å². The molecule has 138 valence electrons. The van der Waals surface area contributed by atoms with E-state index in [1.54, 1.807) is 0 Å². The molecule has 5 rings (SSSR count). The number of hydrogen-bond acceptors (Lipinski definition) is 1. The van der Waals surface area contributed by atoms with Crippen molar-refractivity contribution in [3.8, 4) is 5.69 Å². The van der Waals surface area contributed by atoms with Crippen molar-refractivity contribution < 1.29 is 4.79 Å². The van der Waals surface area contributed by atoms with Crippen LogP contribution >= 0.6 is 0 Å². The Morgan fingerprint density at radius 3 is 2.46 bits per heavy atom. The Hall–Kier alpha value is -3.53. The number of aromatic amines is 1. The molecular formula is C24H21N3O. The Kier molecular flexibility index (Phi) is 4.09. The molecule has 1 aliphatic heterocycles. The second kappa shape index (κ2) is 6.89. The first-order valence-corrected chi connectivity index (χ1v) is 9.58. The lowest BCUT2D eigenvalue weighted by Gasteiger charge is -2.26. The molecular weight excluding hydrogens is 346 g/mol. The van der Waals surface area contributed by atoms with E-state index in [1.807, 2.05) is 64.3 Å². The number of hydrogen-bond donors (Lipinski definition) is 1. The van der Waals surface area contributed by atoms with Crippen molar-refractivity contribution >= 4 is 22.4 Å². The van der Waals surface area contributed by atoms with Gasteiger partial charge in [-0.15, -0.1) is 0 Å². The van der Waals surface area contributed by atoms with Gasteiger partial charge in [0.2, 0.25) is 0 Å². The van der Waals surface area contributed by atoms with Crippen molar-refractivity contribution in [3.63, 3.8) is 0 Å². The largest absolute Gasteiger partial charge is 0.361 e. The van der Waals surface area contributed by atoms with E-state index in [2.05, 4.69) is 35.5 Å². The summed E-state index contributed by atoms with van der Waals surface area (Å²) in [5.74, 6) is 0.0910. The number of nitrogens with one attached hydrogen (secondary N) is 1. The summed E-state index contributed by atoms with van der Waals surface area (Å²) in [5, 5.41) is 1.24. The van der Waals surface area contributed by atoms with Crippen LogP contribution in [-0.4, -0.2) is 33.4 Å². The number of nitrogens with zero attached hydrogens (tertiary/aromatic N) is 2. The third-order valence-electron chi connectivity index (χ3n) is 5.45. The van der Waals surface area contributed by atoms with Crippen molar-refractivity contribution in [3.05, 3.63) is 96.5 Å². The molecule has 4 nitrogen and oxygen atoms in total. The number of carbonyl (C=O) groups is 1. The molecule has 0 saturated carbocycles. The molecule has 0 saturated heterocycles. The van der Waals surface area contributed by atoms with Crippen LogP contribution in [0.3, 0.4) is 0 Å². The van der Waals surface area contributed by atoms with E-state index < -0.39 is 0 Å². The molecule has 2 aromatic carbocycles. The number of aromatic nitrogens is 2. The van der Waals surface area contributed by atoms with Gasteiger partial charge >= 0.3 is 0 Å². The van der Waals surface area contributed by atoms with E-state index >= 15 is 0 Å². The zero-order valence-corrected chi connectivity index (χ0v) is 15.5. The molecule has 0 spiro atoms. The molecule has 3 heterocycles. The fraction of sp³-hybridized carbons (Fsp3) is 0.125. The van der Waals surface area contributed by atoms with Gasteiger partial charge in [-0.1, -0.05) is 24.3 Å². The average Bonchev–Trinajstić information content (AvgIpc) is 3.44. The van der Waals surface area contributed by atoms with Crippen LogP contribution in [0.15, 0.2) is 85.3 Å². The molecule has 1 aliphatic rings. The molecule has 1 N–H and O–H groups in total. The molecule has 1 amide bonds. The van der Waals surface area contributed by atoms with Crippen LogP contribution < -0.4 is 0 Å². The molecule has 2 aromatic heterocycles. The normalized spacial score (nSPS) is 14.3. The van der Waals surface area contributed by atoms with E-state index in [0.717, 1.165) is 29.7 Å². The lowest BCUT2D eigenvalue weighted by Crippen LogP contribution is -2.34. The summed E-state index contributed by atoms with van der Waals surface area (Å²) in [4.78, 5) is 18.1. The number of rotatable bonds is 3. The zero-order chi connectivity index (χ0) is 18.9. The molecule has 28 heavy (non-hydrogen) atoms. The molecule has 4 aromatic rings. The standard InChI is InChI=1S/C24H21N3O/c28-24(19-7-9-20(10-8-19)26-13-3-4-14-26)27-15-11-18(12-16-27)22-17-25-23-6-2-1-5-21(22)23/h1-11,13-14,17,25H,12,15-16H2. The summed E-state index contributed by atoms with van der Waals surface area (Å²) in [6.45, 7) is 1.39. The van der Waals surface area contributed by atoms with Gasteiger partial charge in [0.25, 0.3) is 5.91 Å². The van der Waals surface area contributed by atoms with Crippen LogP contribution in [0.1, 0.15) is 22.3 Å². The van der Waals surface area contributed by atoms with E-state index in [-0.39, 0.29) is 5.91 Å². The van der Waals surface area contributed by atoms with E-state index in [0.29, 0.717) is 6.54 Å². The number of H-pyrrole nitrogens is 1. The minimum absolute atomic E-state index is 0.0910. The van der Waals surface area contributed by atoms with E-state index in [9.17, 15) is 4.79 Å². The number of carbonyl (C=O) groups excluding carboxylic acids is 1. The van der Waals surface area contributed by atoms with Gasteiger partial charge in [0.1, 0.15) is 0 Å². The summed E-state index contributed by atoms with van der Waals surface area (Å²) in [6.07, 6.45) is 9.13. The van der Waals surface area contributed by atoms with Crippen LogP contribution in [0.25, 0.3) is 22.2 Å². The summed E-state index contributed by atoms with van der Waals surface area (Å²) in [5.41, 5.74) is 5.50. The van der Waals surface area contributed by atoms with Gasteiger partial charge in [-0.05, 0) is 54.5 Å². The fourth-order valence-electron chi connectivity index (χ4n) is 3.90. The predicted molar refractivity (Wildman–Crippen MR) is 113 cm³/mol. The molecule has 0 fully saturated rings.